The van der Waals surface area contributed by atoms with E-state index < -0.39 is 0 Å². The zero-order chi connectivity index (χ0) is 10.8. The third-order valence-electron chi connectivity index (χ3n) is 2.64. The van der Waals surface area contributed by atoms with Crippen molar-refractivity contribution in [2.45, 2.75) is 13.3 Å². The number of aromatic nitrogens is 1. The van der Waals surface area contributed by atoms with Gasteiger partial charge < -0.3 is 10.7 Å². The summed E-state index contributed by atoms with van der Waals surface area (Å²) in [6, 6.07) is 7.84. The van der Waals surface area contributed by atoms with Crippen LogP contribution in [0.3, 0.4) is 0 Å². The maximum Gasteiger partial charge on any atom is 0.0992 e. The van der Waals surface area contributed by atoms with Crippen molar-refractivity contribution < 1.29 is 0 Å². The molecule has 15 heavy (non-hydrogen) atoms. The van der Waals surface area contributed by atoms with E-state index >= 15 is 0 Å². The van der Waals surface area contributed by atoms with Crippen LogP contribution < -0.4 is 5.73 Å². The predicted molar refractivity (Wildman–Crippen MR) is 60.5 cm³/mol. The Hall–Kier alpha value is -1.79. The molecule has 0 atom stereocenters. The summed E-state index contributed by atoms with van der Waals surface area (Å²) in [5.41, 5.74) is 9.68. The number of aromatic amines is 1. The van der Waals surface area contributed by atoms with Crippen LogP contribution in [0.15, 0.2) is 18.2 Å². The third kappa shape index (κ3) is 1.60. The second-order valence-electron chi connectivity index (χ2n) is 3.64. The maximum atomic E-state index is 8.79. The molecule has 76 valence electrons. The van der Waals surface area contributed by atoms with Crippen molar-refractivity contribution >= 4 is 10.9 Å². The van der Waals surface area contributed by atoms with E-state index in [1.54, 1.807) is 0 Å². The molecule has 0 saturated heterocycles. The molecule has 0 unspecified atom stereocenters. The highest BCUT2D eigenvalue weighted by molar-refractivity contribution is 5.85. The van der Waals surface area contributed by atoms with E-state index in [4.69, 9.17) is 11.0 Å². The molecule has 3 N–H and O–H groups in total. The zero-order valence-electron chi connectivity index (χ0n) is 8.67. The summed E-state index contributed by atoms with van der Waals surface area (Å²) in [5, 5.41) is 9.97. The van der Waals surface area contributed by atoms with E-state index in [2.05, 4.69) is 11.1 Å². The highest BCUT2D eigenvalue weighted by Crippen LogP contribution is 2.23. The number of benzene rings is 1. The third-order valence-corrected chi connectivity index (χ3v) is 2.64. The smallest absolute Gasteiger partial charge is 0.0992 e. The van der Waals surface area contributed by atoms with Gasteiger partial charge in [-0.2, -0.15) is 5.26 Å². The van der Waals surface area contributed by atoms with E-state index in [-0.39, 0.29) is 0 Å². The molecule has 0 saturated carbocycles. The molecule has 1 heterocycles. The Balaban J connectivity index is 2.64. The molecule has 0 aliphatic rings. The fourth-order valence-corrected chi connectivity index (χ4v) is 1.93. The van der Waals surface area contributed by atoms with Crippen molar-refractivity contribution in [3.8, 4) is 6.07 Å². The van der Waals surface area contributed by atoms with Crippen molar-refractivity contribution in [1.82, 2.24) is 4.98 Å². The topological polar surface area (TPSA) is 65.6 Å². The van der Waals surface area contributed by atoms with Gasteiger partial charge in [-0.1, -0.05) is 6.07 Å². The van der Waals surface area contributed by atoms with Crippen molar-refractivity contribution in [2.24, 2.45) is 5.73 Å². The van der Waals surface area contributed by atoms with Crippen LogP contribution in [-0.4, -0.2) is 11.5 Å². The second-order valence-corrected chi connectivity index (χ2v) is 3.64. The van der Waals surface area contributed by atoms with Gasteiger partial charge in [0.1, 0.15) is 0 Å². The number of nitriles is 1. The lowest BCUT2D eigenvalue weighted by molar-refractivity contribution is 0.963. The van der Waals surface area contributed by atoms with Gasteiger partial charge in [0, 0.05) is 16.6 Å². The van der Waals surface area contributed by atoms with Gasteiger partial charge in [0.15, 0.2) is 0 Å². The summed E-state index contributed by atoms with van der Waals surface area (Å²) in [7, 11) is 0. The minimum Gasteiger partial charge on any atom is -0.358 e. The maximum absolute atomic E-state index is 8.79. The van der Waals surface area contributed by atoms with Gasteiger partial charge in [0.25, 0.3) is 0 Å². The summed E-state index contributed by atoms with van der Waals surface area (Å²) < 4.78 is 0. The molecule has 0 fully saturated rings. The number of fused-ring (bicyclic) bond motifs is 1. The highest BCUT2D eigenvalue weighted by Gasteiger charge is 2.07. The van der Waals surface area contributed by atoms with Crippen LogP contribution in [0.2, 0.25) is 0 Å². The number of aryl methyl sites for hydroxylation is 1. The Morgan fingerprint density at radius 3 is 2.93 bits per heavy atom. The van der Waals surface area contributed by atoms with Crippen molar-refractivity contribution in [1.29, 1.82) is 5.26 Å². The molecule has 1 aromatic carbocycles. The first kappa shape index (κ1) is 9.75. The second kappa shape index (κ2) is 3.76. The van der Waals surface area contributed by atoms with Crippen molar-refractivity contribution in [2.75, 3.05) is 6.54 Å². The van der Waals surface area contributed by atoms with Crippen LogP contribution >= 0.6 is 0 Å². The number of hydrogen-bond acceptors (Lipinski definition) is 2. The van der Waals surface area contributed by atoms with Gasteiger partial charge >= 0.3 is 0 Å². The fraction of sp³-hybridized carbons (Fsp3) is 0.250. The molecule has 0 aliphatic carbocycles. The quantitative estimate of drug-likeness (QED) is 0.775. The average Bonchev–Trinajstić information content (AvgIpc) is 2.55. The highest BCUT2D eigenvalue weighted by atomic mass is 14.7. The predicted octanol–water partition coefficient (Wildman–Crippen LogP) is 1.85. The Morgan fingerprint density at radius 1 is 1.47 bits per heavy atom. The minimum absolute atomic E-state index is 0.647. The first-order valence-electron chi connectivity index (χ1n) is 4.97. The molecule has 3 heteroatoms. The minimum atomic E-state index is 0.647. The zero-order valence-corrected chi connectivity index (χ0v) is 8.67. The lowest BCUT2D eigenvalue weighted by Crippen LogP contribution is -2.03. The van der Waals surface area contributed by atoms with Crippen LogP contribution in [0.4, 0.5) is 0 Å². The van der Waals surface area contributed by atoms with Crippen LogP contribution in [0, 0.1) is 18.3 Å². The Bertz CT molecular complexity index is 532. The number of H-pyrrole nitrogens is 1. The van der Waals surface area contributed by atoms with E-state index in [0.717, 1.165) is 17.6 Å². The SMILES string of the molecule is Cc1[nH]c2cc(C#N)ccc2c1CCN. The summed E-state index contributed by atoms with van der Waals surface area (Å²) in [5.74, 6) is 0. The monoisotopic (exact) mass is 199 g/mol. The van der Waals surface area contributed by atoms with Gasteiger partial charge in [-0.05, 0) is 37.6 Å². The molecule has 3 nitrogen and oxygen atoms in total. The van der Waals surface area contributed by atoms with E-state index in [9.17, 15) is 0 Å². The van der Waals surface area contributed by atoms with Crippen LogP contribution in [0.25, 0.3) is 10.9 Å². The number of hydrogen-bond donors (Lipinski definition) is 2. The van der Waals surface area contributed by atoms with Crippen LogP contribution in [0.1, 0.15) is 16.8 Å². The summed E-state index contributed by atoms with van der Waals surface area (Å²) in [6.07, 6.45) is 0.873. The van der Waals surface area contributed by atoms with Crippen molar-refractivity contribution in [3.05, 3.63) is 35.0 Å². The Labute approximate surface area is 88.5 Å². The fourth-order valence-electron chi connectivity index (χ4n) is 1.93. The summed E-state index contributed by atoms with van der Waals surface area (Å²) in [4.78, 5) is 3.28. The standard InChI is InChI=1S/C12H13N3/c1-8-10(4-5-13)11-3-2-9(7-14)6-12(11)15-8/h2-3,6,15H,4-5,13H2,1H3. The molecule has 0 spiro atoms. The molecule has 0 bridgehead atoms. The summed E-state index contributed by atoms with van der Waals surface area (Å²) in [6.45, 7) is 2.69. The molecule has 2 rings (SSSR count). The molecule has 2 aromatic rings. The lowest BCUT2D eigenvalue weighted by Gasteiger charge is -1.97. The van der Waals surface area contributed by atoms with E-state index in [1.165, 1.54) is 10.9 Å². The number of nitrogens with two attached hydrogens (primary N) is 1. The summed E-state index contributed by atoms with van der Waals surface area (Å²) >= 11 is 0. The van der Waals surface area contributed by atoms with Crippen LogP contribution in [-0.2, 0) is 6.42 Å². The van der Waals surface area contributed by atoms with Crippen molar-refractivity contribution in [3.63, 3.8) is 0 Å². The lowest BCUT2D eigenvalue weighted by atomic mass is 10.1. The first-order chi connectivity index (χ1) is 7.26. The normalized spacial score (nSPS) is 10.5. The van der Waals surface area contributed by atoms with Gasteiger partial charge in [-0.15, -0.1) is 0 Å². The van der Waals surface area contributed by atoms with E-state index in [1.807, 2.05) is 25.1 Å². The molecule has 0 radical (unpaired) electrons. The number of nitrogens with one attached hydrogen (secondary N) is 1. The first-order valence-corrected chi connectivity index (χ1v) is 4.97. The Morgan fingerprint density at radius 2 is 2.27 bits per heavy atom. The molecular weight excluding hydrogens is 186 g/mol. The Kier molecular flexibility index (Phi) is 2.44. The molecule has 0 amide bonds. The van der Waals surface area contributed by atoms with Gasteiger partial charge in [0.2, 0.25) is 0 Å². The number of rotatable bonds is 2. The average molecular weight is 199 g/mol. The van der Waals surface area contributed by atoms with Crippen LogP contribution in [0.5, 0.6) is 0 Å². The van der Waals surface area contributed by atoms with E-state index in [0.29, 0.717) is 12.1 Å². The van der Waals surface area contributed by atoms with Gasteiger partial charge in [-0.3, -0.25) is 0 Å². The van der Waals surface area contributed by atoms with Gasteiger partial charge in [-0.25, -0.2) is 0 Å². The molecule has 0 aliphatic heterocycles. The largest absolute Gasteiger partial charge is 0.358 e. The number of nitrogens with zero attached hydrogens (tertiary/aromatic N) is 1. The molecular formula is C12H13N3. The molecule has 1 aromatic heterocycles. The van der Waals surface area contributed by atoms with Gasteiger partial charge in [0.05, 0.1) is 11.6 Å².